The summed E-state index contributed by atoms with van der Waals surface area (Å²) in [4.78, 5) is 8.23. The van der Waals surface area contributed by atoms with Crippen molar-refractivity contribution in [3.05, 3.63) is 60.1 Å². The number of aromatic nitrogens is 1. The molecule has 0 aliphatic heterocycles. The SMILES string of the molecule is CN=C(NCCOc1cccnc1)NCc1oc2ccccc2c1C.I. The molecule has 3 aromatic rings. The number of fused-ring (bicyclic) bond motifs is 1. The zero-order chi connectivity index (χ0) is 17.5. The van der Waals surface area contributed by atoms with Gasteiger partial charge in [-0.2, -0.15) is 0 Å². The van der Waals surface area contributed by atoms with Gasteiger partial charge in [-0.1, -0.05) is 18.2 Å². The third-order valence-corrected chi connectivity index (χ3v) is 3.88. The first-order chi connectivity index (χ1) is 12.3. The number of pyridine rings is 1. The Morgan fingerprint density at radius 1 is 1.19 bits per heavy atom. The molecular weight excluding hydrogens is 443 g/mol. The Morgan fingerprint density at radius 3 is 2.77 bits per heavy atom. The molecule has 0 saturated heterocycles. The van der Waals surface area contributed by atoms with Crippen LogP contribution in [0.25, 0.3) is 11.0 Å². The lowest BCUT2D eigenvalue weighted by Crippen LogP contribution is -2.38. The topological polar surface area (TPSA) is 71.7 Å². The van der Waals surface area contributed by atoms with E-state index < -0.39 is 0 Å². The van der Waals surface area contributed by atoms with Gasteiger partial charge in [-0.3, -0.25) is 9.98 Å². The number of nitrogens with one attached hydrogen (secondary N) is 2. The summed E-state index contributed by atoms with van der Waals surface area (Å²) in [5.74, 6) is 2.37. The molecule has 0 saturated carbocycles. The molecule has 3 rings (SSSR count). The standard InChI is InChI=1S/C19H22N4O2.HI/c1-14-16-7-3-4-8-17(16)25-18(14)13-23-19(20-2)22-10-11-24-15-6-5-9-21-12-15;/h3-9,12H,10-11,13H2,1-2H3,(H2,20,22,23);1H. The Bertz CT molecular complexity index is 849. The highest BCUT2D eigenvalue weighted by Crippen LogP contribution is 2.24. The Hall–Kier alpha value is -2.29. The Balaban J connectivity index is 0.00000243. The van der Waals surface area contributed by atoms with Gasteiger partial charge in [0, 0.05) is 24.2 Å². The molecule has 0 spiro atoms. The molecule has 2 heterocycles. The number of aliphatic imine (C=N–C) groups is 1. The predicted molar refractivity (Wildman–Crippen MR) is 114 cm³/mol. The second-order valence-electron chi connectivity index (χ2n) is 5.54. The van der Waals surface area contributed by atoms with Gasteiger partial charge in [0.15, 0.2) is 5.96 Å². The molecule has 0 amide bonds. The summed E-state index contributed by atoms with van der Waals surface area (Å²) in [6, 6.07) is 11.8. The van der Waals surface area contributed by atoms with Crippen molar-refractivity contribution in [3.8, 4) is 5.75 Å². The van der Waals surface area contributed by atoms with E-state index in [-0.39, 0.29) is 24.0 Å². The maximum Gasteiger partial charge on any atom is 0.191 e. The van der Waals surface area contributed by atoms with Crippen molar-refractivity contribution in [1.29, 1.82) is 0 Å². The van der Waals surface area contributed by atoms with E-state index in [1.807, 2.05) is 30.3 Å². The number of rotatable bonds is 6. The van der Waals surface area contributed by atoms with Crippen LogP contribution < -0.4 is 15.4 Å². The fourth-order valence-electron chi connectivity index (χ4n) is 2.55. The maximum atomic E-state index is 5.90. The monoisotopic (exact) mass is 466 g/mol. The number of furan rings is 1. The fraction of sp³-hybridized carbons (Fsp3) is 0.263. The molecule has 0 atom stereocenters. The molecule has 0 radical (unpaired) electrons. The first-order valence-corrected chi connectivity index (χ1v) is 8.22. The largest absolute Gasteiger partial charge is 0.490 e. The number of nitrogens with zero attached hydrogens (tertiary/aromatic N) is 2. The third-order valence-electron chi connectivity index (χ3n) is 3.88. The minimum atomic E-state index is 0. The number of hydrogen-bond donors (Lipinski definition) is 2. The van der Waals surface area contributed by atoms with Gasteiger partial charge in [-0.15, -0.1) is 24.0 Å². The summed E-state index contributed by atoms with van der Waals surface area (Å²) >= 11 is 0. The van der Waals surface area contributed by atoms with Crippen molar-refractivity contribution in [2.75, 3.05) is 20.2 Å². The van der Waals surface area contributed by atoms with Crippen LogP contribution >= 0.6 is 24.0 Å². The Kier molecular flexibility index (Phi) is 7.71. The molecule has 0 aliphatic carbocycles. The van der Waals surface area contributed by atoms with E-state index in [2.05, 4.69) is 33.6 Å². The van der Waals surface area contributed by atoms with Crippen LogP contribution in [0.3, 0.4) is 0 Å². The molecule has 1 aromatic carbocycles. The lowest BCUT2D eigenvalue weighted by molar-refractivity contribution is 0.320. The van der Waals surface area contributed by atoms with E-state index in [0.29, 0.717) is 25.7 Å². The highest BCUT2D eigenvalue weighted by Gasteiger charge is 2.10. The molecule has 2 aromatic heterocycles. The average molecular weight is 466 g/mol. The van der Waals surface area contributed by atoms with Crippen molar-refractivity contribution < 1.29 is 9.15 Å². The van der Waals surface area contributed by atoms with Crippen LogP contribution in [0.4, 0.5) is 0 Å². The van der Waals surface area contributed by atoms with Gasteiger partial charge in [0.25, 0.3) is 0 Å². The molecule has 6 nitrogen and oxygen atoms in total. The predicted octanol–water partition coefficient (Wildman–Crippen LogP) is 3.50. The summed E-state index contributed by atoms with van der Waals surface area (Å²) in [5, 5.41) is 7.62. The number of aryl methyl sites for hydroxylation is 1. The van der Waals surface area contributed by atoms with Gasteiger partial charge >= 0.3 is 0 Å². The zero-order valence-electron chi connectivity index (χ0n) is 14.9. The summed E-state index contributed by atoms with van der Waals surface area (Å²) in [6.45, 7) is 3.80. The molecule has 2 N–H and O–H groups in total. The summed E-state index contributed by atoms with van der Waals surface area (Å²) < 4.78 is 11.5. The summed E-state index contributed by atoms with van der Waals surface area (Å²) in [6.07, 6.45) is 3.41. The number of ether oxygens (including phenoxy) is 1. The average Bonchev–Trinajstić information content (AvgIpc) is 2.98. The quantitative estimate of drug-likeness (QED) is 0.252. The van der Waals surface area contributed by atoms with Crippen LogP contribution in [0.5, 0.6) is 5.75 Å². The van der Waals surface area contributed by atoms with Crippen molar-refractivity contribution in [1.82, 2.24) is 15.6 Å². The molecule has 0 fully saturated rings. The minimum absolute atomic E-state index is 0. The van der Waals surface area contributed by atoms with E-state index in [9.17, 15) is 0 Å². The van der Waals surface area contributed by atoms with Crippen molar-refractivity contribution in [2.45, 2.75) is 13.5 Å². The molecule has 7 heteroatoms. The van der Waals surface area contributed by atoms with Gasteiger partial charge in [-0.25, -0.2) is 0 Å². The molecule has 0 bridgehead atoms. The minimum Gasteiger partial charge on any atom is -0.490 e. The van der Waals surface area contributed by atoms with Crippen molar-refractivity contribution in [3.63, 3.8) is 0 Å². The van der Waals surface area contributed by atoms with E-state index >= 15 is 0 Å². The Labute approximate surface area is 170 Å². The highest BCUT2D eigenvalue weighted by atomic mass is 127. The van der Waals surface area contributed by atoms with Crippen LogP contribution in [0.15, 0.2) is 58.2 Å². The molecular formula is C19H23IN4O2. The fourth-order valence-corrected chi connectivity index (χ4v) is 2.55. The van der Waals surface area contributed by atoms with Crippen LogP contribution in [-0.4, -0.2) is 31.1 Å². The smallest absolute Gasteiger partial charge is 0.191 e. The lowest BCUT2D eigenvalue weighted by Gasteiger charge is -2.12. The van der Waals surface area contributed by atoms with Gasteiger partial charge in [0.2, 0.25) is 0 Å². The second-order valence-corrected chi connectivity index (χ2v) is 5.54. The van der Waals surface area contributed by atoms with Gasteiger partial charge in [0.05, 0.1) is 19.3 Å². The number of guanidine groups is 1. The van der Waals surface area contributed by atoms with Crippen molar-refractivity contribution in [2.24, 2.45) is 4.99 Å². The number of para-hydroxylation sites is 1. The number of benzene rings is 1. The maximum absolute atomic E-state index is 5.90. The first kappa shape index (κ1) is 20.0. The Morgan fingerprint density at radius 2 is 2.04 bits per heavy atom. The molecule has 0 aliphatic rings. The van der Waals surface area contributed by atoms with Crippen molar-refractivity contribution >= 4 is 40.9 Å². The second kappa shape index (κ2) is 10.0. The van der Waals surface area contributed by atoms with E-state index in [1.165, 1.54) is 0 Å². The van der Waals surface area contributed by atoms with Gasteiger partial charge < -0.3 is 19.8 Å². The third kappa shape index (κ3) is 5.10. The van der Waals surface area contributed by atoms with Crippen LogP contribution in [0, 0.1) is 6.92 Å². The highest BCUT2D eigenvalue weighted by molar-refractivity contribution is 14.0. The lowest BCUT2D eigenvalue weighted by atomic mass is 10.1. The van der Waals surface area contributed by atoms with Crippen LogP contribution in [-0.2, 0) is 6.54 Å². The first-order valence-electron chi connectivity index (χ1n) is 8.22. The number of halogens is 1. The van der Waals surface area contributed by atoms with E-state index in [4.69, 9.17) is 9.15 Å². The normalized spacial score (nSPS) is 11.1. The van der Waals surface area contributed by atoms with E-state index in [0.717, 1.165) is 28.0 Å². The number of hydrogen-bond acceptors (Lipinski definition) is 4. The van der Waals surface area contributed by atoms with Crippen LogP contribution in [0.1, 0.15) is 11.3 Å². The van der Waals surface area contributed by atoms with Crippen LogP contribution in [0.2, 0.25) is 0 Å². The molecule has 0 unspecified atom stereocenters. The van der Waals surface area contributed by atoms with E-state index in [1.54, 1.807) is 19.4 Å². The molecule has 26 heavy (non-hydrogen) atoms. The van der Waals surface area contributed by atoms with Gasteiger partial charge in [-0.05, 0) is 25.1 Å². The molecule has 138 valence electrons. The summed E-state index contributed by atoms with van der Waals surface area (Å²) in [5.41, 5.74) is 2.06. The van der Waals surface area contributed by atoms with Gasteiger partial charge in [0.1, 0.15) is 23.7 Å². The summed E-state index contributed by atoms with van der Waals surface area (Å²) in [7, 11) is 1.74. The zero-order valence-corrected chi connectivity index (χ0v) is 17.2.